The molecule has 2 rings (SSSR count). The Hall–Kier alpha value is -1.36. The van der Waals surface area contributed by atoms with E-state index in [1.807, 2.05) is 49.4 Å². The van der Waals surface area contributed by atoms with Crippen LogP contribution in [0.3, 0.4) is 0 Å². The average molecular weight is 398 g/mol. The molecule has 0 aliphatic rings. The van der Waals surface area contributed by atoms with E-state index in [1.165, 1.54) is 5.56 Å². The van der Waals surface area contributed by atoms with Crippen LogP contribution in [0, 0.1) is 0 Å². The first kappa shape index (κ1) is 19.7. The first-order chi connectivity index (χ1) is 10.5. The Balaban J connectivity index is 0.00000264. The number of carbonyl (C=O) groups is 1. The number of benzene rings is 2. The van der Waals surface area contributed by atoms with E-state index in [0.717, 1.165) is 16.5 Å². The highest BCUT2D eigenvalue weighted by Gasteiger charge is 2.13. The van der Waals surface area contributed by atoms with Gasteiger partial charge in [-0.25, -0.2) is 0 Å². The molecule has 0 saturated carbocycles. The molecule has 3 N–H and O–H groups in total. The molecule has 0 radical (unpaired) electrons. The Morgan fingerprint density at radius 2 is 1.74 bits per heavy atom. The van der Waals surface area contributed by atoms with Gasteiger partial charge in [-0.2, -0.15) is 0 Å². The Morgan fingerprint density at radius 1 is 1.13 bits per heavy atom. The summed E-state index contributed by atoms with van der Waals surface area (Å²) in [6.45, 7) is 2.01. The number of rotatable bonds is 6. The molecule has 0 saturated heterocycles. The fraction of sp³-hybridized carbons (Fsp3) is 0.278. The van der Waals surface area contributed by atoms with Gasteiger partial charge in [0.15, 0.2) is 0 Å². The summed E-state index contributed by atoms with van der Waals surface area (Å²) in [6, 6.07) is 17.7. The van der Waals surface area contributed by atoms with Crippen LogP contribution < -0.4 is 11.1 Å². The van der Waals surface area contributed by atoms with Gasteiger partial charge in [0, 0.05) is 23.0 Å². The number of carbonyl (C=O) groups excluding carboxylic acids is 1. The molecule has 2 unspecified atom stereocenters. The van der Waals surface area contributed by atoms with Crippen LogP contribution in [0.15, 0.2) is 59.1 Å². The molecule has 2 aromatic rings. The number of nitrogens with two attached hydrogens (primary N) is 1. The fourth-order valence-corrected chi connectivity index (χ4v) is 2.64. The van der Waals surface area contributed by atoms with E-state index in [4.69, 9.17) is 5.73 Å². The number of halogens is 2. The monoisotopic (exact) mass is 396 g/mol. The molecule has 1 amide bonds. The normalized spacial score (nSPS) is 12.8. The molecule has 0 aliphatic carbocycles. The maximum absolute atomic E-state index is 12.1. The van der Waals surface area contributed by atoms with Gasteiger partial charge >= 0.3 is 0 Å². The Bertz CT molecular complexity index is 604. The van der Waals surface area contributed by atoms with Crippen LogP contribution in [0.2, 0.25) is 0 Å². The molecular formula is C18H22BrClN2O. The molecule has 3 nitrogen and oxygen atoms in total. The van der Waals surface area contributed by atoms with Gasteiger partial charge in [-0.05, 0) is 36.6 Å². The van der Waals surface area contributed by atoms with Gasteiger partial charge in [-0.15, -0.1) is 12.4 Å². The number of amides is 1. The largest absolute Gasteiger partial charge is 0.353 e. The fourth-order valence-electron chi connectivity index (χ4n) is 2.38. The summed E-state index contributed by atoms with van der Waals surface area (Å²) in [7, 11) is 0. The minimum absolute atomic E-state index is 0. The van der Waals surface area contributed by atoms with E-state index < -0.39 is 0 Å². The van der Waals surface area contributed by atoms with Gasteiger partial charge in [-0.1, -0.05) is 58.4 Å². The first-order valence-electron chi connectivity index (χ1n) is 7.39. The molecule has 124 valence electrons. The Labute approximate surface area is 152 Å². The zero-order valence-corrected chi connectivity index (χ0v) is 15.4. The van der Waals surface area contributed by atoms with Crippen LogP contribution in [0.25, 0.3) is 0 Å². The molecule has 0 fully saturated rings. The maximum atomic E-state index is 12.1. The highest BCUT2D eigenvalue weighted by molar-refractivity contribution is 9.10. The molecule has 0 heterocycles. The van der Waals surface area contributed by atoms with Crippen LogP contribution in [-0.2, 0) is 11.2 Å². The van der Waals surface area contributed by atoms with E-state index in [-0.39, 0.29) is 30.4 Å². The minimum atomic E-state index is -0.263. The summed E-state index contributed by atoms with van der Waals surface area (Å²) in [5.41, 5.74) is 8.26. The van der Waals surface area contributed by atoms with Gasteiger partial charge in [0.05, 0.1) is 0 Å². The first-order valence-corrected chi connectivity index (χ1v) is 8.18. The van der Waals surface area contributed by atoms with Crippen molar-refractivity contribution in [2.24, 2.45) is 5.73 Å². The van der Waals surface area contributed by atoms with Crippen molar-refractivity contribution in [2.45, 2.75) is 31.8 Å². The quantitative estimate of drug-likeness (QED) is 0.774. The van der Waals surface area contributed by atoms with Crippen LogP contribution in [0.4, 0.5) is 0 Å². The third-order valence-electron chi connectivity index (χ3n) is 3.50. The van der Waals surface area contributed by atoms with E-state index in [0.29, 0.717) is 6.42 Å². The summed E-state index contributed by atoms with van der Waals surface area (Å²) < 4.78 is 1.06. The summed E-state index contributed by atoms with van der Waals surface area (Å²) in [4.78, 5) is 12.1. The minimum Gasteiger partial charge on any atom is -0.353 e. The van der Waals surface area contributed by atoms with Crippen molar-refractivity contribution in [3.05, 3.63) is 70.2 Å². The zero-order valence-electron chi connectivity index (χ0n) is 13.0. The summed E-state index contributed by atoms with van der Waals surface area (Å²) >= 11 is 3.42. The van der Waals surface area contributed by atoms with Crippen molar-refractivity contribution >= 4 is 34.2 Å². The van der Waals surface area contributed by atoms with Crippen LogP contribution in [0.5, 0.6) is 0 Å². The lowest BCUT2D eigenvalue weighted by Gasteiger charge is -2.16. The predicted octanol–water partition coefficient (Wildman–Crippen LogP) is 4.01. The van der Waals surface area contributed by atoms with Gasteiger partial charge in [0.25, 0.3) is 0 Å². The van der Waals surface area contributed by atoms with E-state index >= 15 is 0 Å². The molecule has 2 aromatic carbocycles. The van der Waals surface area contributed by atoms with Gasteiger partial charge in [-0.3, -0.25) is 4.79 Å². The Morgan fingerprint density at radius 3 is 2.35 bits per heavy atom. The molecular weight excluding hydrogens is 376 g/mol. The lowest BCUT2D eigenvalue weighted by molar-refractivity contribution is -0.122. The molecule has 2 atom stereocenters. The predicted molar refractivity (Wildman–Crippen MR) is 101 cm³/mol. The van der Waals surface area contributed by atoms with Crippen molar-refractivity contribution in [2.75, 3.05) is 0 Å². The average Bonchev–Trinajstić information content (AvgIpc) is 2.50. The zero-order chi connectivity index (χ0) is 15.9. The number of hydrogen-bond acceptors (Lipinski definition) is 2. The maximum Gasteiger partial charge on any atom is 0.222 e. The highest BCUT2D eigenvalue weighted by Crippen LogP contribution is 2.14. The lowest BCUT2D eigenvalue weighted by atomic mass is 10.0. The third kappa shape index (κ3) is 6.73. The summed E-state index contributed by atoms with van der Waals surface area (Å²) in [5, 5.41) is 3.01. The van der Waals surface area contributed by atoms with Crippen molar-refractivity contribution in [3.8, 4) is 0 Å². The van der Waals surface area contributed by atoms with Crippen molar-refractivity contribution in [1.82, 2.24) is 5.32 Å². The number of hydrogen-bond donors (Lipinski definition) is 2. The molecule has 0 aliphatic heterocycles. The lowest BCUT2D eigenvalue weighted by Crippen LogP contribution is -2.35. The van der Waals surface area contributed by atoms with Crippen molar-refractivity contribution in [1.29, 1.82) is 0 Å². The van der Waals surface area contributed by atoms with E-state index in [2.05, 4.69) is 33.4 Å². The summed E-state index contributed by atoms with van der Waals surface area (Å²) in [6.07, 6.45) is 1.11. The van der Waals surface area contributed by atoms with Crippen LogP contribution in [0.1, 0.15) is 30.5 Å². The van der Waals surface area contributed by atoms with Gasteiger partial charge < -0.3 is 11.1 Å². The van der Waals surface area contributed by atoms with Crippen molar-refractivity contribution < 1.29 is 4.79 Å². The third-order valence-corrected chi connectivity index (χ3v) is 4.02. The molecule has 0 spiro atoms. The molecule has 5 heteroatoms. The number of nitrogens with one attached hydrogen (secondary N) is 1. The second-order valence-electron chi connectivity index (χ2n) is 5.52. The van der Waals surface area contributed by atoms with Gasteiger partial charge in [0.1, 0.15) is 0 Å². The van der Waals surface area contributed by atoms with E-state index in [9.17, 15) is 4.79 Å². The second-order valence-corrected chi connectivity index (χ2v) is 6.44. The highest BCUT2D eigenvalue weighted by atomic mass is 79.9. The van der Waals surface area contributed by atoms with Crippen LogP contribution in [-0.4, -0.2) is 11.9 Å². The topological polar surface area (TPSA) is 55.1 Å². The molecule has 23 heavy (non-hydrogen) atoms. The van der Waals surface area contributed by atoms with Crippen LogP contribution >= 0.6 is 28.3 Å². The van der Waals surface area contributed by atoms with Gasteiger partial charge in [0.2, 0.25) is 5.91 Å². The van der Waals surface area contributed by atoms with Crippen molar-refractivity contribution in [3.63, 3.8) is 0 Å². The van der Waals surface area contributed by atoms with E-state index in [1.54, 1.807) is 0 Å². The molecule has 0 bridgehead atoms. The standard InChI is InChI=1S/C18H21BrN2O.ClH/c1-13(11-14-7-9-16(19)10-8-14)21-18(22)12-17(20)15-5-3-2-4-6-15;/h2-10,13,17H,11-12,20H2,1H3,(H,21,22);1H. The summed E-state index contributed by atoms with van der Waals surface area (Å²) in [5.74, 6) is -0.0130. The Kier molecular flexibility index (Phi) is 8.31. The second kappa shape index (κ2) is 9.71. The molecule has 0 aromatic heterocycles. The SMILES string of the molecule is CC(Cc1ccc(Br)cc1)NC(=O)CC(N)c1ccccc1.Cl. The smallest absolute Gasteiger partial charge is 0.222 e.